The zero-order valence-corrected chi connectivity index (χ0v) is 11.9. The molecule has 1 heterocycles. The second kappa shape index (κ2) is 5.38. The van der Waals surface area contributed by atoms with Crippen LogP contribution in [0.25, 0.3) is 0 Å². The zero-order valence-electron chi connectivity index (χ0n) is 11.9. The van der Waals surface area contributed by atoms with Gasteiger partial charge in [0.1, 0.15) is 0 Å². The van der Waals surface area contributed by atoms with E-state index in [1.165, 1.54) is 24.1 Å². The van der Waals surface area contributed by atoms with Crippen molar-refractivity contribution in [2.24, 2.45) is 5.84 Å². The summed E-state index contributed by atoms with van der Waals surface area (Å²) < 4.78 is 2.08. The fraction of sp³-hybridized carbons (Fsp3) is 0.438. The van der Waals surface area contributed by atoms with E-state index >= 15 is 0 Å². The monoisotopic (exact) mass is 270 g/mol. The molecule has 1 aromatic heterocycles. The highest BCUT2D eigenvalue weighted by Gasteiger charge is 2.51. The largest absolute Gasteiger partial charge is 0.271 e. The lowest BCUT2D eigenvalue weighted by Gasteiger charge is -2.27. The van der Waals surface area contributed by atoms with E-state index in [-0.39, 0.29) is 11.5 Å². The second-order valence-electron chi connectivity index (χ2n) is 5.60. The smallest absolute Gasteiger partial charge is 0.0725 e. The molecule has 1 aromatic carbocycles. The summed E-state index contributed by atoms with van der Waals surface area (Å²) in [5.74, 6) is 5.90. The van der Waals surface area contributed by atoms with Crippen LogP contribution in [0.2, 0.25) is 0 Å². The van der Waals surface area contributed by atoms with Gasteiger partial charge in [-0.3, -0.25) is 16.0 Å². The van der Waals surface area contributed by atoms with Crippen LogP contribution in [0.5, 0.6) is 0 Å². The maximum absolute atomic E-state index is 5.90. The molecule has 2 aromatic rings. The van der Waals surface area contributed by atoms with Crippen LogP contribution < -0.4 is 11.3 Å². The van der Waals surface area contributed by atoms with Gasteiger partial charge in [-0.2, -0.15) is 5.10 Å². The molecule has 3 N–H and O–H groups in total. The highest BCUT2D eigenvalue weighted by molar-refractivity contribution is 5.36. The maximum atomic E-state index is 5.90. The Hall–Kier alpha value is -1.65. The van der Waals surface area contributed by atoms with E-state index in [0.717, 1.165) is 13.0 Å². The average Bonchev–Trinajstić information content (AvgIpc) is 3.17. The molecule has 20 heavy (non-hydrogen) atoms. The fourth-order valence-corrected chi connectivity index (χ4v) is 3.16. The number of aromatic nitrogens is 2. The van der Waals surface area contributed by atoms with Gasteiger partial charge in [-0.15, -0.1) is 0 Å². The summed E-state index contributed by atoms with van der Waals surface area (Å²) in [6.45, 7) is 3.10. The first-order valence-corrected chi connectivity index (χ1v) is 7.35. The summed E-state index contributed by atoms with van der Waals surface area (Å²) in [6, 6.07) is 12.9. The average molecular weight is 270 g/mol. The van der Waals surface area contributed by atoms with Crippen molar-refractivity contribution in [1.82, 2.24) is 15.2 Å². The Labute approximate surface area is 120 Å². The molecule has 0 aliphatic heterocycles. The summed E-state index contributed by atoms with van der Waals surface area (Å²) in [5.41, 5.74) is 5.73. The van der Waals surface area contributed by atoms with Crippen LogP contribution in [0.3, 0.4) is 0 Å². The minimum atomic E-state index is 0.124. The second-order valence-corrected chi connectivity index (χ2v) is 5.60. The summed E-state index contributed by atoms with van der Waals surface area (Å²) >= 11 is 0. The van der Waals surface area contributed by atoms with Crippen molar-refractivity contribution in [3.63, 3.8) is 0 Å². The van der Waals surface area contributed by atoms with E-state index < -0.39 is 0 Å². The van der Waals surface area contributed by atoms with Crippen LogP contribution in [0, 0.1) is 0 Å². The van der Waals surface area contributed by atoms with Crippen LogP contribution in [0.4, 0.5) is 0 Å². The van der Waals surface area contributed by atoms with Crippen molar-refractivity contribution in [2.45, 2.75) is 44.2 Å². The number of nitrogens with two attached hydrogens (primary N) is 1. The summed E-state index contributed by atoms with van der Waals surface area (Å²) in [4.78, 5) is 0. The van der Waals surface area contributed by atoms with Gasteiger partial charge >= 0.3 is 0 Å². The van der Waals surface area contributed by atoms with E-state index in [1.807, 2.05) is 6.20 Å². The Morgan fingerprint density at radius 3 is 2.65 bits per heavy atom. The molecule has 1 unspecified atom stereocenters. The van der Waals surface area contributed by atoms with Crippen LogP contribution in [0.15, 0.2) is 42.6 Å². The molecule has 4 heteroatoms. The molecule has 0 bridgehead atoms. The summed E-state index contributed by atoms with van der Waals surface area (Å²) in [6.07, 6.45) is 5.28. The van der Waals surface area contributed by atoms with Crippen LogP contribution >= 0.6 is 0 Å². The van der Waals surface area contributed by atoms with Crippen molar-refractivity contribution in [3.05, 3.63) is 53.9 Å². The number of hydrogen-bond acceptors (Lipinski definition) is 3. The quantitative estimate of drug-likeness (QED) is 0.626. The predicted octanol–water partition coefficient (Wildman–Crippen LogP) is 2.53. The van der Waals surface area contributed by atoms with Gasteiger partial charge in [-0.1, -0.05) is 37.3 Å². The van der Waals surface area contributed by atoms with Gasteiger partial charge in [-0.25, -0.2) is 0 Å². The van der Waals surface area contributed by atoms with E-state index in [9.17, 15) is 0 Å². The summed E-state index contributed by atoms with van der Waals surface area (Å²) in [5, 5.41) is 4.43. The number of hydrogen-bond donors (Lipinski definition) is 2. The van der Waals surface area contributed by atoms with E-state index in [2.05, 4.69) is 58.5 Å². The number of benzene rings is 1. The van der Waals surface area contributed by atoms with Gasteiger partial charge in [-0.05, 0) is 30.9 Å². The minimum Gasteiger partial charge on any atom is -0.271 e. The first kappa shape index (κ1) is 13.3. The van der Waals surface area contributed by atoms with Gasteiger partial charge in [0.25, 0.3) is 0 Å². The molecule has 1 aliphatic carbocycles. The molecule has 0 spiro atoms. The van der Waals surface area contributed by atoms with Crippen molar-refractivity contribution >= 4 is 0 Å². The molecule has 0 radical (unpaired) electrons. The fourth-order valence-electron chi connectivity index (χ4n) is 3.16. The molecule has 0 saturated heterocycles. The third-order valence-corrected chi connectivity index (χ3v) is 4.34. The van der Waals surface area contributed by atoms with Crippen molar-refractivity contribution in [3.8, 4) is 0 Å². The Bertz CT molecular complexity index is 557. The molecular formula is C16H22N4. The molecule has 1 aliphatic rings. The molecule has 3 rings (SSSR count). The molecule has 0 amide bonds. The van der Waals surface area contributed by atoms with Gasteiger partial charge in [0.15, 0.2) is 0 Å². The van der Waals surface area contributed by atoms with E-state index in [4.69, 9.17) is 5.84 Å². The van der Waals surface area contributed by atoms with Gasteiger partial charge in [0, 0.05) is 18.2 Å². The number of nitrogens with zero attached hydrogens (tertiary/aromatic N) is 2. The van der Waals surface area contributed by atoms with Crippen molar-refractivity contribution in [2.75, 3.05) is 0 Å². The summed E-state index contributed by atoms with van der Waals surface area (Å²) in [7, 11) is 0. The maximum Gasteiger partial charge on any atom is 0.0725 e. The van der Waals surface area contributed by atoms with Crippen LogP contribution in [-0.2, 0) is 12.0 Å². The third-order valence-electron chi connectivity index (χ3n) is 4.34. The lowest BCUT2D eigenvalue weighted by Crippen LogP contribution is -2.38. The minimum absolute atomic E-state index is 0.124. The topological polar surface area (TPSA) is 55.9 Å². The lowest BCUT2D eigenvalue weighted by molar-refractivity contribution is 0.401. The van der Waals surface area contributed by atoms with Crippen molar-refractivity contribution < 1.29 is 0 Å². The highest BCUT2D eigenvalue weighted by atomic mass is 15.3. The number of rotatable bonds is 6. The number of hydrazine groups is 1. The Morgan fingerprint density at radius 2 is 2.05 bits per heavy atom. The molecular weight excluding hydrogens is 248 g/mol. The number of aryl methyl sites for hydroxylation is 1. The van der Waals surface area contributed by atoms with Gasteiger partial charge < -0.3 is 0 Å². The molecule has 106 valence electrons. The van der Waals surface area contributed by atoms with Crippen molar-refractivity contribution in [1.29, 1.82) is 0 Å². The van der Waals surface area contributed by atoms with E-state index in [0.29, 0.717) is 0 Å². The third kappa shape index (κ3) is 2.15. The first-order chi connectivity index (χ1) is 9.81. The normalized spacial score (nSPS) is 17.9. The number of nitrogens with one attached hydrogen (secondary N) is 1. The molecule has 1 atom stereocenters. The first-order valence-electron chi connectivity index (χ1n) is 7.35. The predicted molar refractivity (Wildman–Crippen MR) is 79.9 cm³/mol. The van der Waals surface area contributed by atoms with Gasteiger partial charge in [0.05, 0.1) is 11.7 Å². The highest BCUT2D eigenvalue weighted by Crippen LogP contribution is 2.56. The van der Waals surface area contributed by atoms with Crippen LogP contribution in [-0.4, -0.2) is 9.78 Å². The SMILES string of the molecule is CCCn1nccc1C(NN)C1(c2ccccc2)CC1. The molecule has 1 saturated carbocycles. The standard InChI is InChI=1S/C16H22N4/c1-2-12-20-14(8-11-18-20)15(19-17)16(9-10-16)13-6-4-3-5-7-13/h3-8,11,15,19H,2,9-10,12,17H2,1H3. The Morgan fingerprint density at radius 1 is 1.30 bits per heavy atom. The van der Waals surface area contributed by atoms with Gasteiger partial charge in [0.2, 0.25) is 0 Å². The molecule has 4 nitrogen and oxygen atoms in total. The molecule has 1 fully saturated rings. The Kier molecular flexibility index (Phi) is 3.59. The van der Waals surface area contributed by atoms with Crippen LogP contribution in [0.1, 0.15) is 43.5 Å². The Balaban J connectivity index is 1.96. The van der Waals surface area contributed by atoms with E-state index in [1.54, 1.807) is 0 Å². The lowest BCUT2D eigenvalue weighted by atomic mass is 9.86. The zero-order chi connectivity index (χ0) is 14.0.